The lowest BCUT2D eigenvalue weighted by Crippen LogP contribution is -2.20. The van der Waals surface area contributed by atoms with E-state index in [1.165, 1.54) is 5.56 Å². The second kappa shape index (κ2) is 8.49. The number of hydrogen-bond acceptors (Lipinski definition) is 4. The van der Waals surface area contributed by atoms with Crippen LogP contribution >= 0.6 is 0 Å². The van der Waals surface area contributed by atoms with Crippen LogP contribution in [0.3, 0.4) is 0 Å². The minimum absolute atomic E-state index is 0.0772. The molecule has 1 aromatic heterocycles. The summed E-state index contributed by atoms with van der Waals surface area (Å²) in [6.07, 6.45) is 2.39. The van der Waals surface area contributed by atoms with Gasteiger partial charge in [-0.05, 0) is 47.6 Å². The Morgan fingerprint density at radius 3 is 2.45 bits per heavy atom. The number of aromatic amines is 1. The summed E-state index contributed by atoms with van der Waals surface area (Å²) >= 11 is 0. The highest BCUT2D eigenvalue weighted by molar-refractivity contribution is 5.91. The van der Waals surface area contributed by atoms with Crippen molar-refractivity contribution >= 4 is 11.7 Å². The third-order valence-electron chi connectivity index (χ3n) is 5.59. The van der Waals surface area contributed by atoms with Gasteiger partial charge in [0, 0.05) is 12.0 Å². The van der Waals surface area contributed by atoms with Gasteiger partial charge in [-0.3, -0.25) is 9.89 Å². The molecule has 0 radical (unpaired) electrons. The van der Waals surface area contributed by atoms with E-state index in [2.05, 4.69) is 27.6 Å². The van der Waals surface area contributed by atoms with Gasteiger partial charge in [0.2, 0.25) is 5.91 Å². The van der Waals surface area contributed by atoms with Crippen LogP contribution < -0.4 is 10.1 Å². The number of benzene rings is 2. The second-order valence-corrected chi connectivity index (χ2v) is 7.54. The lowest BCUT2D eigenvalue weighted by atomic mass is 9.70. The molecule has 1 heterocycles. The van der Waals surface area contributed by atoms with E-state index in [1.807, 2.05) is 42.5 Å². The number of hydrogen-bond donors (Lipinski definition) is 3. The number of amides is 1. The van der Waals surface area contributed by atoms with Crippen LogP contribution in [0.25, 0.3) is 0 Å². The van der Waals surface area contributed by atoms with E-state index in [0.29, 0.717) is 24.1 Å². The third kappa shape index (κ3) is 4.49. The average molecular weight is 391 g/mol. The summed E-state index contributed by atoms with van der Waals surface area (Å²) in [6.45, 7) is 0.0772. The van der Waals surface area contributed by atoms with Gasteiger partial charge in [0.15, 0.2) is 0 Å². The van der Waals surface area contributed by atoms with Gasteiger partial charge in [0.25, 0.3) is 0 Å². The number of rotatable bonds is 7. The van der Waals surface area contributed by atoms with Crippen LogP contribution in [0.5, 0.6) is 5.75 Å². The SMILES string of the molecule is COc1ccc(CC(=O)Nc2cc(C3CC(c4ccc(CO)cc4)C3)n[nH]2)cc1. The highest BCUT2D eigenvalue weighted by atomic mass is 16.5. The Labute approximate surface area is 169 Å². The van der Waals surface area contributed by atoms with Crippen LogP contribution in [0.1, 0.15) is 47.1 Å². The fourth-order valence-electron chi connectivity index (χ4n) is 3.76. The quantitative estimate of drug-likeness (QED) is 0.572. The lowest BCUT2D eigenvalue weighted by Gasteiger charge is -2.34. The molecule has 6 heteroatoms. The molecule has 29 heavy (non-hydrogen) atoms. The normalized spacial score (nSPS) is 18.1. The number of nitrogens with zero attached hydrogens (tertiary/aromatic N) is 1. The third-order valence-corrected chi connectivity index (χ3v) is 5.59. The van der Waals surface area contributed by atoms with E-state index in [9.17, 15) is 4.79 Å². The minimum atomic E-state index is -0.0826. The molecule has 0 saturated heterocycles. The van der Waals surface area contributed by atoms with Crippen molar-refractivity contribution in [2.45, 2.75) is 37.7 Å². The van der Waals surface area contributed by atoms with E-state index in [-0.39, 0.29) is 12.5 Å². The first kappa shape index (κ1) is 19.2. The summed E-state index contributed by atoms with van der Waals surface area (Å²) < 4.78 is 5.13. The molecule has 0 aliphatic heterocycles. The zero-order valence-electron chi connectivity index (χ0n) is 16.4. The predicted octanol–water partition coefficient (Wildman–Crippen LogP) is 3.75. The minimum Gasteiger partial charge on any atom is -0.497 e. The number of methoxy groups -OCH3 is 1. The topological polar surface area (TPSA) is 87.2 Å². The zero-order valence-corrected chi connectivity index (χ0v) is 16.4. The summed E-state index contributed by atoms with van der Waals surface area (Å²) in [7, 11) is 1.62. The monoisotopic (exact) mass is 391 g/mol. The Bertz CT molecular complexity index is 958. The summed E-state index contributed by atoms with van der Waals surface area (Å²) in [5, 5.41) is 19.4. The van der Waals surface area contributed by atoms with Crippen LogP contribution in [0.15, 0.2) is 54.6 Å². The molecule has 0 atom stereocenters. The maximum atomic E-state index is 12.3. The number of carbonyl (C=O) groups excluding carboxylic acids is 1. The molecule has 4 rings (SSSR count). The van der Waals surface area contributed by atoms with Crippen molar-refractivity contribution in [2.75, 3.05) is 12.4 Å². The molecule has 2 aromatic carbocycles. The number of aliphatic hydroxyl groups is 1. The fraction of sp³-hybridized carbons (Fsp3) is 0.304. The molecule has 1 fully saturated rings. The number of ether oxygens (including phenoxy) is 1. The van der Waals surface area contributed by atoms with E-state index in [1.54, 1.807) is 7.11 Å². The zero-order chi connectivity index (χ0) is 20.2. The molecule has 0 spiro atoms. The van der Waals surface area contributed by atoms with E-state index >= 15 is 0 Å². The molecule has 150 valence electrons. The fourth-order valence-corrected chi connectivity index (χ4v) is 3.76. The van der Waals surface area contributed by atoms with Crippen LogP contribution in [0.2, 0.25) is 0 Å². The number of H-pyrrole nitrogens is 1. The van der Waals surface area contributed by atoms with Crippen molar-refractivity contribution < 1.29 is 14.6 Å². The first-order valence-corrected chi connectivity index (χ1v) is 9.82. The molecular weight excluding hydrogens is 366 g/mol. The van der Waals surface area contributed by atoms with Crippen molar-refractivity contribution in [3.63, 3.8) is 0 Å². The summed E-state index contributed by atoms with van der Waals surface area (Å²) in [6, 6.07) is 17.6. The first-order valence-electron chi connectivity index (χ1n) is 9.82. The van der Waals surface area contributed by atoms with Crippen molar-refractivity contribution in [3.8, 4) is 5.75 Å². The molecule has 1 amide bonds. The van der Waals surface area contributed by atoms with Gasteiger partial charge in [0.1, 0.15) is 11.6 Å². The van der Waals surface area contributed by atoms with Gasteiger partial charge in [-0.15, -0.1) is 0 Å². The van der Waals surface area contributed by atoms with Gasteiger partial charge in [0.05, 0.1) is 25.8 Å². The Hall–Kier alpha value is -3.12. The van der Waals surface area contributed by atoms with Gasteiger partial charge in [-0.1, -0.05) is 36.4 Å². The highest BCUT2D eigenvalue weighted by Crippen LogP contribution is 2.47. The average Bonchev–Trinajstić information content (AvgIpc) is 3.15. The largest absolute Gasteiger partial charge is 0.497 e. The molecule has 1 saturated carbocycles. The smallest absolute Gasteiger partial charge is 0.229 e. The molecule has 3 aromatic rings. The van der Waals surface area contributed by atoms with Crippen LogP contribution in [-0.4, -0.2) is 28.3 Å². The molecular formula is C23H25N3O3. The molecule has 0 unspecified atom stereocenters. The number of aliphatic hydroxyl groups excluding tert-OH is 1. The molecule has 3 N–H and O–H groups in total. The number of aromatic nitrogens is 2. The van der Waals surface area contributed by atoms with Gasteiger partial charge in [-0.25, -0.2) is 0 Å². The summed E-state index contributed by atoms with van der Waals surface area (Å²) in [5.41, 5.74) is 4.17. The number of anilines is 1. The Morgan fingerprint density at radius 1 is 1.10 bits per heavy atom. The Morgan fingerprint density at radius 2 is 1.79 bits per heavy atom. The Kier molecular flexibility index (Phi) is 5.62. The summed E-state index contributed by atoms with van der Waals surface area (Å²) in [4.78, 5) is 12.3. The van der Waals surface area contributed by atoms with E-state index < -0.39 is 0 Å². The second-order valence-electron chi connectivity index (χ2n) is 7.54. The van der Waals surface area contributed by atoms with E-state index in [0.717, 1.165) is 35.4 Å². The van der Waals surface area contributed by atoms with E-state index in [4.69, 9.17) is 9.84 Å². The lowest BCUT2D eigenvalue weighted by molar-refractivity contribution is -0.115. The standard InChI is InChI=1S/C23H25N3O3/c1-29-20-8-4-15(5-9-20)10-23(28)24-22-13-21(25-26-22)19-11-18(12-19)17-6-2-16(14-27)3-7-17/h2-9,13,18-19,27H,10-12,14H2,1H3,(H2,24,25,26,28). The van der Waals surface area contributed by atoms with Gasteiger partial charge < -0.3 is 15.2 Å². The first-order chi connectivity index (χ1) is 14.1. The van der Waals surface area contributed by atoms with Crippen LogP contribution in [0.4, 0.5) is 5.82 Å². The van der Waals surface area contributed by atoms with Crippen LogP contribution in [-0.2, 0) is 17.8 Å². The molecule has 6 nitrogen and oxygen atoms in total. The van der Waals surface area contributed by atoms with Crippen LogP contribution in [0, 0.1) is 0 Å². The predicted molar refractivity (Wildman–Crippen MR) is 111 cm³/mol. The van der Waals surface area contributed by atoms with Crippen molar-refractivity contribution in [3.05, 3.63) is 77.0 Å². The van der Waals surface area contributed by atoms with Gasteiger partial charge >= 0.3 is 0 Å². The maximum absolute atomic E-state index is 12.3. The van der Waals surface area contributed by atoms with Crippen molar-refractivity contribution in [1.82, 2.24) is 10.2 Å². The van der Waals surface area contributed by atoms with Gasteiger partial charge in [-0.2, -0.15) is 5.10 Å². The highest BCUT2D eigenvalue weighted by Gasteiger charge is 2.33. The van der Waals surface area contributed by atoms with Crippen molar-refractivity contribution in [1.29, 1.82) is 0 Å². The van der Waals surface area contributed by atoms with Crippen molar-refractivity contribution in [2.24, 2.45) is 0 Å². The summed E-state index contributed by atoms with van der Waals surface area (Å²) in [5.74, 6) is 2.25. The molecule has 1 aliphatic carbocycles. The molecule has 1 aliphatic rings. The Balaban J connectivity index is 1.29. The molecule has 0 bridgehead atoms. The number of carbonyl (C=O) groups is 1. The number of nitrogens with one attached hydrogen (secondary N) is 2. The maximum Gasteiger partial charge on any atom is 0.229 e.